The van der Waals surface area contributed by atoms with Crippen molar-refractivity contribution in [1.82, 2.24) is 24.5 Å². The molecule has 41 heavy (non-hydrogen) atoms. The van der Waals surface area contributed by atoms with Crippen LogP contribution in [-0.4, -0.2) is 80.8 Å². The Morgan fingerprint density at radius 3 is 2.54 bits per heavy atom. The highest BCUT2D eigenvalue weighted by Crippen LogP contribution is 2.36. The number of nitriles is 1. The van der Waals surface area contributed by atoms with Crippen LogP contribution < -0.4 is 9.64 Å². The lowest BCUT2D eigenvalue weighted by molar-refractivity contribution is -0.00876. The fourth-order valence-corrected chi connectivity index (χ4v) is 5.51. The van der Waals surface area contributed by atoms with E-state index in [9.17, 15) is 19.1 Å². The Labute approximate surface area is 235 Å². The summed E-state index contributed by atoms with van der Waals surface area (Å²) in [5.74, 6) is 6.17. The van der Waals surface area contributed by atoms with Gasteiger partial charge in [-0.3, -0.25) is 4.90 Å². The second-order valence-corrected chi connectivity index (χ2v) is 10.3. The first kappa shape index (κ1) is 26.6. The van der Waals surface area contributed by atoms with Crippen LogP contribution in [0.25, 0.3) is 16.6 Å². The summed E-state index contributed by atoms with van der Waals surface area (Å²) in [5, 5.41) is 24.0. The number of hydrogen-bond acceptors (Lipinski definition) is 8. The van der Waals surface area contributed by atoms with Crippen molar-refractivity contribution in [2.24, 2.45) is 0 Å². The molecular weight excluding hydrogens is 528 g/mol. The number of ether oxygens (including phenoxy) is 1. The van der Waals surface area contributed by atoms with E-state index in [1.54, 1.807) is 25.6 Å². The molecule has 2 atom stereocenters. The molecule has 4 aromatic heterocycles. The van der Waals surface area contributed by atoms with Gasteiger partial charge in [0, 0.05) is 67.5 Å². The molecule has 3 saturated heterocycles. The number of nitrogens with zero attached hydrogens (tertiary/aromatic N) is 7. The van der Waals surface area contributed by atoms with Crippen LogP contribution in [0.15, 0.2) is 55.0 Å². The predicted octanol–water partition coefficient (Wildman–Crippen LogP) is 3.16. The molecule has 1 N–H and O–H groups in total. The van der Waals surface area contributed by atoms with E-state index in [1.165, 1.54) is 4.52 Å². The molecule has 0 aliphatic carbocycles. The molecular formula is C30H27F2N7O2. The molecule has 3 aliphatic heterocycles. The number of aliphatic hydroxyl groups is 1. The van der Waals surface area contributed by atoms with Crippen molar-refractivity contribution in [2.45, 2.75) is 30.7 Å². The number of rotatable bonds is 7. The van der Waals surface area contributed by atoms with Crippen molar-refractivity contribution >= 4 is 11.3 Å². The van der Waals surface area contributed by atoms with Gasteiger partial charge in [0.2, 0.25) is 5.88 Å². The molecule has 3 aliphatic rings. The second-order valence-electron chi connectivity index (χ2n) is 10.3. The highest BCUT2D eigenvalue weighted by Gasteiger charge is 2.44. The Morgan fingerprint density at radius 1 is 1.10 bits per heavy atom. The molecule has 9 nitrogen and oxygen atoms in total. The van der Waals surface area contributed by atoms with Gasteiger partial charge in [0.15, 0.2) is 11.3 Å². The minimum Gasteiger partial charge on any atom is -0.481 e. The Bertz CT molecular complexity index is 1660. The summed E-state index contributed by atoms with van der Waals surface area (Å²) in [6, 6.07) is 14.5. The van der Waals surface area contributed by atoms with Crippen LogP contribution in [0.3, 0.4) is 0 Å². The standard InChI is InChI=1S/C30H27F2N7O2/c1-41-28-7-4-20(13-35-28)15-38-22-11-23(38)17-37(16-22)27-6-5-21(14-34-27)24-3-2-10-39-29(24)25(12-33)26(36-39)8-9-30(40,18-31)19-32/h2-7,10,13-14,22-23,40H,11,15-19H2,1H3. The van der Waals surface area contributed by atoms with Crippen LogP contribution in [0.1, 0.15) is 23.2 Å². The molecule has 11 heteroatoms. The van der Waals surface area contributed by atoms with Gasteiger partial charge in [-0.2, -0.15) is 10.4 Å². The third-order valence-corrected chi connectivity index (χ3v) is 7.72. The van der Waals surface area contributed by atoms with Gasteiger partial charge in [-0.1, -0.05) is 18.1 Å². The molecule has 3 fully saturated rings. The summed E-state index contributed by atoms with van der Waals surface area (Å²) in [7, 11) is 1.61. The van der Waals surface area contributed by atoms with E-state index in [4.69, 9.17) is 9.72 Å². The van der Waals surface area contributed by atoms with E-state index in [0.717, 1.165) is 48.6 Å². The molecule has 0 amide bonds. The lowest BCUT2D eigenvalue weighted by Gasteiger charge is -2.56. The molecule has 7 heterocycles. The molecule has 0 saturated carbocycles. The van der Waals surface area contributed by atoms with Gasteiger partial charge in [-0.15, -0.1) is 0 Å². The first-order valence-corrected chi connectivity index (χ1v) is 13.2. The van der Waals surface area contributed by atoms with E-state index < -0.39 is 19.0 Å². The van der Waals surface area contributed by atoms with Crippen molar-refractivity contribution in [3.8, 4) is 34.9 Å². The van der Waals surface area contributed by atoms with Crippen LogP contribution in [0.4, 0.5) is 14.6 Å². The Kier molecular flexibility index (Phi) is 7.00. The Morgan fingerprint density at radius 2 is 1.90 bits per heavy atom. The van der Waals surface area contributed by atoms with Crippen molar-refractivity contribution < 1.29 is 18.6 Å². The third kappa shape index (κ3) is 4.95. The van der Waals surface area contributed by atoms with Gasteiger partial charge < -0.3 is 14.7 Å². The van der Waals surface area contributed by atoms with Gasteiger partial charge in [0.25, 0.3) is 0 Å². The SMILES string of the molecule is COc1ccc(CN2C3CC2CN(c2ccc(-c4cccn5nc(C#CC(O)(CF)CF)c(C#N)c45)cn2)C3)cn1. The maximum absolute atomic E-state index is 13.0. The number of pyridine rings is 3. The van der Waals surface area contributed by atoms with Crippen molar-refractivity contribution in [3.05, 3.63) is 71.8 Å². The number of piperazine rings is 1. The van der Waals surface area contributed by atoms with Crippen LogP contribution in [-0.2, 0) is 6.54 Å². The van der Waals surface area contributed by atoms with Gasteiger partial charge in [0.1, 0.15) is 30.8 Å². The zero-order valence-electron chi connectivity index (χ0n) is 22.3. The number of aromatic nitrogens is 4. The number of fused-ring (bicyclic) bond motifs is 3. The van der Waals surface area contributed by atoms with Crippen molar-refractivity contribution in [2.75, 3.05) is 38.4 Å². The highest BCUT2D eigenvalue weighted by molar-refractivity contribution is 5.86. The number of hydrogen-bond donors (Lipinski definition) is 1. The lowest BCUT2D eigenvalue weighted by Crippen LogP contribution is -2.68. The molecule has 0 radical (unpaired) electrons. The van der Waals surface area contributed by atoms with E-state index in [2.05, 4.69) is 43.9 Å². The minimum absolute atomic E-state index is 0.0346. The minimum atomic E-state index is -2.43. The summed E-state index contributed by atoms with van der Waals surface area (Å²) in [4.78, 5) is 13.9. The van der Waals surface area contributed by atoms with Gasteiger partial charge in [0.05, 0.1) is 12.6 Å². The number of halogens is 2. The topological polar surface area (TPSA) is 103 Å². The Balaban J connectivity index is 1.20. The zero-order valence-corrected chi connectivity index (χ0v) is 22.3. The molecule has 0 spiro atoms. The number of methoxy groups -OCH3 is 1. The first-order valence-electron chi connectivity index (χ1n) is 13.2. The molecule has 2 bridgehead atoms. The van der Waals surface area contributed by atoms with Gasteiger partial charge in [-0.25, -0.2) is 23.3 Å². The number of alkyl halides is 2. The fourth-order valence-electron chi connectivity index (χ4n) is 5.51. The third-order valence-electron chi connectivity index (χ3n) is 7.72. The first-order chi connectivity index (χ1) is 19.9. The van der Waals surface area contributed by atoms with Crippen molar-refractivity contribution in [3.63, 3.8) is 0 Å². The monoisotopic (exact) mass is 555 g/mol. The van der Waals surface area contributed by atoms with E-state index in [0.29, 0.717) is 23.5 Å². The van der Waals surface area contributed by atoms with E-state index in [1.807, 2.05) is 30.5 Å². The average Bonchev–Trinajstić information content (AvgIpc) is 3.40. The van der Waals surface area contributed by atoms with Crippen LogP contribution in [0, 0.1) is 23.2 Å². The summed E-state index contributed by atoms with van der Waals surface area (Å²) < 4.78 is 32.7. The van der Waals surface area contributed by atoms with Crippen LogP contribution in [0.2, 0.25) is 0 Å². The lowest BCUT2D eigenvalue weighted by atomic mass is 9.87. The highest BCUT2D eigenvalue weighted by atomic mass is 19.1. The maximum Gasteiger partial charge on any atom is 0.212 e. The van der Waals surface area contributed by atoms with E-state index >= 15 is 0 Å². The summed E-state index contributed by atoms with van der Waals surface area (Å²) in [6.45, 7) is -0.113. The maximum atomic E-state index is 13.0. The molecule has 0 aromatic carbocycles. The molecule has 2 unspecified atom stereocenters. The van der Waals surface area contributed by atoms with Gasteiger partial charge >= 0.3 is 0 Å². The summed E-state index contributed by atoms with van der Waals surface area (Å²) >= 11 is 0. The van der Waals surface area contributed by atoms with Gasteiger partial charge in [-0.05, 0) is 36.1 Å². The Hall–Kier alpha value is -4.58. The molecule has 4 aromatic rings. The predicted molar refractivity (Wildman–Crippen MR) is 148 cm³/mol. The van der Waals surface area contributed by atoms with E-state index in [-0.39, 0.29) is 11.3 Å². The molecule has 208 valence electrons. The molecule has 7 rings (SSSR count). The number of anilines is 1. The number of piperidine rings is 1. The average molecular weight is 556 g/mol. The quantitative estimate of drug-likeness (QED) is 0.347. The fraction of sp³-hybridized carbons (Fsp3) is 0.333. The van der Waals surface area contributed by atoms with Crippen molar-refractivity contribution in [1.29, 1.82) is 5.26 Å². The smallest absolute Gasteiger partial charge is 0.212 e. The van der Waals surface area contributed by atoms with Crippen LogP contribution in [0.5, 0.6) is 5.88 Å². The van der Waals surface area contributed by atoms with Crippen LogP contribution >= 0.6 is 0 Å². The summed E-state index contributed by atoms with van der Waals surface area (Å²) in [6.07, 6.45) is 6.47. The summed E-state index contributed by atoms with van der Waals surface area (Å²) in [5.41, 5.74) is 0.931. The largest absolute Gasteiger partial charge is 0.481 e. The normalized spacial score (nSPS) is 18.4. The zero-order chi connectivity index (χ0) is 28.6. The second kappa shape index (κ2) is 10.8.